The van der Waals surface area contributed by atoms with Gasteiger partial charge in [-0.25, -0.2) is 0 Å². The van der Waals surface area contributed by atoms with Gasteiger partial charge in [-0.15, -0.1) is 11.3 Å². The lowest BCUT2D eigenvalue weighted by Crippen LogP contribution is -2.34. The molecule has 1 aromatic carbocycles. The molecule has 120 valence electrons. The van der Waals surface area contributed by atoms with Crippen LogP contribution < -0.4 is 0 Å². The number of carbonyl (C=O) groups excluding carboxylic acids is 1. The first kappa shape index (κ1) is 15.8. The van der Waals surface area contributed by atoms with Crippen LogP contribution in [0.3, 0.4) is 0 Å². The molecule has 0 fully saturated rings. The number of hydrogen-bond donors (Lipinski definition) is 0. The summed E-state index contributed by atoms with van der Waals surface area (Å²) < 4.78 is 38.0. The Hall–Kier alpha value is -2.08. The minimum atomic E-state index is -4.38. The van der Waals surface area contributed by atoms with E-state index in [1.165, 1.54) is 23.1 Å². The number of hydrogen-bond acceptors (Lipinski definition) is 2. The number of halogens is 3. The van der Waals surface area contributed by atoms with Crippen LogP contribution >= 0.6 is 11.3 Å². The third kappa shape index (κ3) is 3.64. The average molecular weight is 337 g/mol. The lowest BCUT2D eigenvalue weighted by Gasteiger charge is -2.25. The van der Waals surface area contributed by atoms with Crippen LogP contribution in [0.2, 0.25) is 0 Å². The Balaban J connectivity index is 1.70. The van der Waals surface area contributed by atoms with Gasteiger partial charge in [0.05, 0.1) is 5.56 Å². The van der Waals surface area contributed by atoms with Gasteiger partial charge in [0.2, 0.25) is 5.91 Å². The number of thiophene rings is 1. The smallest absolute Gasteiger partial charge is 0.334 e. The minimum Gasteiger partial charge on any atom is -0.334 e. The zero-order valence-corrected chi connectivity index (χ0v) is 13.0. The van der Waals surface area contributed by atoms with Crippen molar-refractivity contribution in [3.05, 3.63) is 63.4 Å². The molecular weight excluding hydrogens is 323 g/mol. The molecular formula is C17H14F3NOS. The van der Waals surface area contributed by atoms with Crippen LogP contribution in [0.25, 0.3) is 6.08 Å². The summed E-state index contributed by atoms with van der Waals surface area (Å²) in [5, 5.41) is 2.01. The van der Waals surface area contributed by atoms with Crippen LogP contribution in [0.1, 0.15) is 21.6 Å². The van der Waals surface area contributed by atoms with Crippen molar-refractivity contribution in [3.8, 4) is 0 Å². The van der Waals surface area contributed by atoms with Gasteiger partial charge in [0, 0.05) is 24.0 Å². The highest BCUT2D eigenvalue weighted by Crippen LogP contribution is 2.30. The minimum absolute atomic E-state index is 0.181. The average Bonchev–Trinajstić information content (AvgIpc) is 2.99. The van der Waals surface area contributed by atoms with E-state index in [-0.39, 0.29) is 5.91 Å². The van der Waals surface area contributed by atoms with Crippen molar-refractivity contribution in [2.24, 2.45) is 0 Å². The molecule has 0 N–H and O–H groups in total. The summed E-state index contributed by atoms with van der Waals surface area (Å²) in [4.78, 5) is 15.2. The summed E-state index contributed by atoms with van der Waals surface area (Å²) in [6.45, 7) is 1.20. The fourth-order valence-electron chi connectivity index (χ4n) is 2.53. The molecule has 1 aliphatic heterocycles. The first-order valence-electron chi connectivity index (χ1n) is 7.13. The highest BCUT2D eigenvalue weighted by Gasteiger charge is 2.30. The second-order valence-electron chi connectivity index (χ2n) is 5.34. The number of amides is 1. The van der Waals surface area contributed by atoms with E-state index in [1.807, 2.05) is 11.4 Å². The van der Waals surface area contributed by atoms with Crippen molar-refractivity contribution >= 4 is 23.3 Å². The van der Waals surface area contributed by atoms with Gasteiger partial charge in [-0.2, -0.15) is 13.2 Å². The summed E-state index contributed by atoms with van der Waals surface area (Å²) in [6, 6.07) is 6.95. The van der Waals surface area contributed by atoms with Gasteiger partial charge in [0.15, 0.2) is 0 Å². The summed E-state index contributed by atoms with van der Waals surface area (Å²) in [5.74, 6) is -0.181. The third-order valence-corrected chi connectivity index (χ3v) is 4.77. The molecule has 0 aliphatic carbocycles. The predicted molar refractivity (Wildman–Crippen MR) is 83.9 cm³/mol. The van der Waals surface area contributed by atoms with E-state index in [1.54, 1.807) is 22.3 Å². The molecule has 2 nitrogen and oxygen atoms in total. The lowest BCUT2D eigenvalue weighted by atomic mass is 10.1. The zero-order chi connectivity index (χ0) is 16.4. The normalized spacial score (nSPS) is 15.0. The van der Waals surface area contributed by atoms with Crippen molar-refractivity contribution in [3.63, 3.8) is 0 Å². The summed E-state index contributed by atoms with van der Waals surface area (Å²) in [6.07, 6.45) is -0.778. The van der Waals surface area contributed by atoms with Crippen molar-refractivity contribution in [2.45, 2.75) is 19.1 Å². The van der Waals surface area contributed by atoms with Crippen LogP contribution in [0.15, 0.2) is 41.8 Å². The highest BCUT2D eigenvalue weighted by molar-refractivity contribution is 7.10. The summed E-state index contributed by atoms with van der Waals surface area (Å²) >= 11 is 1.69. The molecule has 0 radical (unpaired) electrons. The van der Waals surface area contributed by atoms with Gasteiger partial charge < -0.3 is 4.90 Å². The number of benzene rings is 1. The van der Waals surface area contributed by atoms with Crippen LogP contribution in [-0.2, 0) is 23.9 Å². The molecule has 6 heteroatoms. The number of fused-ring (bicyclic) bond motifs is 1. The first-order valence-corrected chi connectivity index (χ1v) is 8.01. The molecule has 0 bridgehead atoms. The Morgan fingerprint density at radius 1 is 1.26 bits per heavy atom. The molecule has 1 amide bonds. The first-order chi connectivity index (χ1) is 10.9. The molecule has 1 aromatic heterocycles. The molecule has 2 heterocycles. The van der Waals surface area contributed by atoms with Crippen LogP contribution in [0.5, 0.6) is 0 Å². The van der Waals surface area contributed by atoms with Gasteiger partial charge in [0.1, 0.15) is 0 Å². The molecule has 0 saturated heterocycles. The quantitative estimate of drug-likeness (QED) is 0.746. The predicted octanol–water partition coefficient (Wildman–Crippen LogP) is 4.37. The Kier molecular flexibility index (Phi) is 4.26. The van der Waals surface area contributed by atoms with Gasteiger partial charge in [-0.3, -0.25) is 4.79 Å². The van der Waals surface area contributed by atoms with E-state index in [0.29, 0.717) is 18.7 Å². The fraction of sp³-hybridized carbons (Fsp3) is 0.235. The van der Waals surface area contributed by atoms with Crippen LogP contribution in [-0.4, -0.2) is 17.4 Å². The summed E-state index contributed by atoms with van der Waals surface area (Å²) in [7, 11) is 0. The third-order valence-electron chi connectivity index (χ3n) is 3.75. The van der Waals surface area contributed by atoms with Crippen molar-refractivity contribution in [1.82, 2.24) is 4.90 Å². The van der Waals surface area contributed by atoms with E-state index in [4.69, 9.17) is 0 Å². The molecule has 0 atom stereocenters. The Morgan fingerprint density at radius 2 is 2.09 bits per heavy atom. The number of rotatable bonds is 2. The van der Waals surface area contributed by atoms with Gasteiger partial charge in [-0.1, -0.05) is 12.1 Å². The van der Waals surface area contributed by atoms with Crippen LogP contribution in [0.4, 0.5) is 13.2 Å². The van der Waals surface area contributed by atoms with Gasteiger partial charge >= 0.3 is 6.18 Å². The van der Waals surface area contributed by atoms with Gasteiger partial charge in [0.25, 0.3) is 0 Å². The van der Waals surface area contributed by atoms with E-state index >= 15 is 0 Å². The monoisotopic (exact) mass is 337 g/mol. The van der Waals surface area contributed by atoms with E-state index in [9.17, 15) is 18.0 Å². The highest BCUT2D eigenvalue weighted by atomic mass is 32.1. The summed E-state index contributed by atoms with van der Waals surface area (Å²) in [5.41, 5.74) is 0.802. The second-order valence-corrected chi connectivity index (χ2v) is 6.34. The maximum Gasteiger partial charge on any atom is 0.416 e. The molecule has 23 heavy (non-hydrogen) atoms. The van der Waals surface area contributed by atoms with Gasteiger partial charge in [-0.05, 0) is 47.2 Å². The molecule has 0 unspecified atom stereocenters. The Bertz CT molecular complexity index is 748. The Labute approximate surface area is 135 Å². The van der Waals surface area contributed by atoms with Crippen molar-refractivity contribution in [2.75, 3.05) is 6.54 Å². The zero-order valence-electron chi connectivity index (χ0n) is 12.1. The fourth-order valence-corrected chi connectivity index (χ4v) is 3.42. The number of carbonyl (C=O) groups is 1. The Morgan fingerprint density at radius 3 is 2.87 bits per heavy atom. The molecule has 2 aromatic rings. The topological polar surface area (TPSA) is 20.3 Å². The molecule has 0 spiro atoms. The second kappa shape index (κ2) is 6.20. The SMILES string of the molecule is O=C(C=Cc1cccc(C(F)(F)F)c1)N1CCc2sccc2C1. The maximum atomic E-state index is 12.7. The largest absolute Gasteiger partial charge is 0.416 e. The lowest BCUT2D eigenvalue weighted by molar-refractivity contribution is -0.137. The maximum absolute atomic E-state index is 12.7. The number of nitrogens with zero attached hydrogens (tertiary/aromatic N) is 1. The molecule has 0 saturated carbocycles. The standard InChI is InChI=1S/C17H14F3NOS/c18-17(19,20)14-3-1-2-12(10-14)4-5-16(22)21-8-6-15-13(11-21)7-9-23-15/h1-5,7,9-10H,6,8,11H2. The van der Waals surface area contributed by atoms with E-state index < -0.39 is 11.7 Å². The van der Waals surface area contributed by atoms with Crippen molar-refractivity contribution < 1.29 is 18.0 Å². The molecule has 3 rings (SSSR count). The van der Waals surface area contributed by atoms with Crippen molar-refractivity contribution in [1.29, 1.82) is 0 Å². The van der Waals surface area contributed by atoms with Crippen LogP contribution in [0, 0.1) is 0 Å². The number of alkyl halides is 3. The van der Waals surface area contributed by atoms with E-state index in [0.717, 1.165) is 24.1 Å². The van der Waals surface area contributed by atoms with E-state index in [2.05, 4.69) is 0 Å². The molecule has 1 aliphatic rings.